The molecule has 0 aromatic carbocycles. The third-order valence-corrected chi connectivity index (χ3v) is 7.29. The number of nitrogens with one attached hydrogen (secondary N) is 1. The summed E-state index contributed by atoms with van der Waals surface area (Å²) in [6.45, 7) is 7.44. The zero-order chi connectivity index (χ0) is 18.5. The summed E-state index contributed by atoms with van der Waals surface area (Å²) in [7, 11) is 0. The van der Waals surface area contributed by atoms with E-state index in [0.29, 0.717) is 11.8 Å². The van der Waals surface area contributed by atoms with Crippen molar-refractivity contribution in [2.75, 3.05) is 45.8 Å². The Morgan fingerprint density at radius 2 is 1.74 bits per heavy atom. The van der Waals surface area contributed by atoms with Crippen LogP contribution in [0.4, 0.5) is 0 Å². The predicted molar refractivity (Wildman–Crippen MR) is 111 cm³/mol. The van der Waals surface area contributed by atoms with Crippen LogP contribution in [-0.2, 0) is 4.79 Å². The Kier molecular flexibility index (Phi) is 6.67. The molecule has 0 aromatic rings. The number of allylic oxidation sites excluding steroid dienone is 3. The van der Waals surface area contributed by atoms with Crippen molar-refractivity contribution in [3.63, 3.8) is 0 Å². The molecule has 3 fully saturated rings. The summed E-state index contributed by atoms with van der Waals surface area (Å²) < 4.78 is 0. The highest BCUT2D eigenvalue weighted by atomic mass is 16.2. The van der Waals surface area contributed by atoms with E-state index in [4.69, 9.17) is 0 Å². The summed E-state index contributed by atoms with van der Waals surface area (Å²) in [6.07, 6.45) is 17.1. The van der Waals surface area contributed by atoms with Gasteiger partial charge < -0.3 is 10.2 Å². The summed E-state index contributed by atoms with van der Waals surface area (Å²) in [5.74, 6) is 2.21. The lowest BCUT2D eigenvalue weighted by atomic mass is 9.70. The second-order valence-electron chi connectivity index (χ2n) is 9.04. The molecule has 2 saturated heterocycles. The van der Waals surface area contributed by atoms with Crippen LogP contribution in [0.3, 0.4) is 0 Å². The summed E-state index contributed by atoms with van der Waals surface area (Å²) >= 11 is 0. The molecule has 0 bridgehead atoms. The molecular weight excluding hydrogens is 334 g/mol. The highest BCUT2D eigenvalue weighted by Crippen LogP contribution is 2.40. The van der Waals surface area contributed by atoms with Gasteiger partial charge in [-0.25, -0.2) is 0 Å². The quantitative estimate of drug-likeness (QED) is 0.824. The Bertz CT molecular complexity index is 550. The molecule has 0 radical (unpaired) electrons. The zero-order valence-electron chi connectivity index (χ0n) is 16.9. The number of amides is 1. The van der Waals surface area contributed by atoms with Crippen molar-refractivity contribution in [2.45, 2.75) is 51.4 Å². The van der Waals surface area contributed by atoms with Gasteiger partial charge in [0, 0.05) is 38.6 Å². The van der Waals surface area contributed by atoms with Gasteiger partial charge in [-0.2, -0.15) is 0 Å². The molecule has 1 amide bonds. The SMILES string of the molecule is O=C(C1CCC(C2CC=CC=C2CN2CCCCC2)CC1)N1CCNCC1. The monoisotopic (exact) mass is 371 g/mol. The van der Waals surface area contributed by atoms with Crippen LogP contribution in [-0.4, -0.2) is 61.5 Å². The molecule has 2 aliphatic carbocycles. The highest BCUT2D eigenvalue weighted by molar-refractivity contribution is 5.79. The summed E-state index contributed by atoms with van der Waals surface area (Å²) in [6, 6.07) is 0. The largest absolute Gasteiger partial charge is 0.340 e. The molecular formula is C23H37N3O. The van der Waals surface area contributed by atoms with Crippen LogP contribution in [0.1, 0.15) is 51.4 Å². The molecule has 0 spiro atoms. The minimum absolute atomic E-state index is 0.285. The molecule has 0 aromatic heterocycles. The van der Waals surface area contributed by atoms with Crippen molar-refractivity contribution in [3.05, 3.63) is 23.8 Å². The first-order valence-corrected chi connectivity index (χ1v) is 11.4. The maximum atomic E-state index is 12.8. The van der Waals surface area contributed by atoms with E-state index >= 15 is 0 Å². The molecule has 2 heterocycles. The third kappa shape index (κ3) is 4.83. The van der Waals surface area contributed by atoms with Crippen LogP contribution < -0.4 is 5.32 Å². The van der Waals surface area contributed by atoms with Gasteiger partial charge >= 0.3 is 0 Å². The summed E-state index contributed by atoms with van der Waals surface area (Å²) in [4.78, 5) is 17.6. The van der Waals surface area contributed by atoms with Crippen LogP contribution >= 0.6 is 0 Å². The third-order valence-electron chi connectivity index (χ3n) is 7.29. The maximum Gasteiger partial charge on any atom is 0.225 e. The van der Waals surface area contributed by atoms with Crippen LogP contribution in [0, 0.1) is 17.8 Å². The number of piperazine rings is 1. The number of hydrogen-bond donors (Lipinski definition) is 1. The molecule has 4 aliphatic rings. The van der Waals surface area contributed by atoms with Crippen molar-refractivity contribution in [2.24, 2.45) is 17.8 Å². The zero-order valence-corrected chi connectivity index (χ0v) is 16.9. The Labute approximate surface area is 165 Å². The standard InChI is InChI=1S/C23H37N3O/c27-23(26-16-12-24-13-17-26)20-10-8-19(9-11-20)22-7-3-2-6-21(22)18-25-14-4-1-5-15-25/h2-3,6,19-20,22,24H,1,4-5,7-18H2. The topological polar surface area (TPSA) is 35.6 Å². The second kappa shape index (κ2) is 9.38. The van der Waals surface area contributed by atoms with Gasteiger partial charge in [-0.15, -0.1) is 0 Å². The van der Waals surface area contributed by atoms with E-state index in [1.165, 1.54) is 58.2 Å². The lowest BCUT2D eigenvalue weighted by Gasteiger charge is -2.39. The van der Waals surface area contributed by atoms with E-state index in [1.54, 1.807) is 5.57 Å². The van der Waals surface area contributed by atoms with Crippen LogP contribution in [0.2, 0.25) is 0 Å². The Balaban J connectivity index is 1.30. The van der Waals surface area contributed by atoms with E-state index in [-0.39, 0.29) is 5.92 Å². The molecule has 1 saturated carbocycles. The number of likely N-dealkylation sites (tertiary alicyclic amines) is 1. The minimum atomic E-state index is 0.285. The second-order valence-corrected chi connectivity index (χ2v) is 9.04. The Morgan fingerprint density at radius 1 is 1.00 bits per heavy atom. The van der Waals surface area contributed by atoms with Gasteiger partial charge in [0.1, 0.15) is 0 Å². The molecule has 1 atom stereocenters. The van der Waals surface area contributed by atoms with Gasteiger partial charge in [0.05, 0.1) is 0 Å². The Hall–Kier alpha value is -1.13. The minimum Gasteiger partial charge on any atom is -0.340 e. The van der Waals surface area contributed by atoms with Gasteiger partial charge in [0.2, 0.25) is 5.91 Å². The molecule has 4 rings (SSSR count). The first-order valence-electron chi connectivity index (χ1n) is 11.4. The number of carbonyl (C=O) groups excluding carboxylic acids is 1. The van der Waals surface area contributed by atoms with Gasteiger partial charge in [-0.3, -0.25) is 9.69 Å². The van der Waals surface area contributed by atoms with Crippen LogP contribution in [0.5, 0.6) is 0 Å². The van der Waals surface area contributed by atoms with Crippen LogP contribution in [0.25, 0.3) is 0 Å². The van der Waals surface area contributed by atoms with Crippen molar-refractivity contribution in [3.8, 4) is 0 Å². The first kappa shape index (κ1) is 19.2. The molecule has 150 valence electrons. The number of carbonyl (C=O) groups is 1. The molecule has 1 N–H and O–H groups in total. The molecule has 4 nitrogen and oxygen atoms in total. The van der Waals surface area contributed by atoms with E-state index in [2.05, 4.69) is 33.3 Å². The predicted octanol–water partition coefficient (Wildman–Crippen LogP) is 3.21. The highest BCUT2D eigenvalue weighted by Gasteiger charge is 2.34. The summed E-state index contributed by atoms with van der Waals surface area (Å²) in [5, 5.41) is 3.35. The fourth-order valence-corrected chi connectivity index (χ4v) is 5.64. The smallest absolute Gasteiger partial charge is 0.225 e. The fourth-order valence-electron chi connectivity index (χ4n) is 5.64. The molecule has 27 heavy (non-hydrogen) atoms. The van der Waals surface area contributed by atoms with Crippen LogP contribution in [0.15, 0.2) is 23.8 Å². The van der Waals surface area contributed by atoms with Crippen molar-refractivity contribution in [1.29, 1.82) is 0 Å². The molecule has 2 aliphatic heterocycles. The number of rotatable bonds is 4. The van der Waals surface area contributed by atoms with E-state index in [0.717, 1.165) is 44.9 Å². The maximum absolute atomic E-state index is 12.8. The lowest BCUT2D eigenvalue weighted by molar-refractivity contribution is -0.137. The van der Waals surface area contributed by atoms with E-state index in [1.807, 2.05) is 0 Å². The lowest BCUT2D eigenvalue weighted by Crippen LogP contribution is -2.49. The molecule has 1 unspecified atom stereocenters. The van der Waals surface area contributed by atoms with Crippen molar-refractivity contribution < 1.29 is 4.79 Å². The average molecular weight is 372 g/mol. The first-order chi connectivity index (χ1) is 13.3. The van der Waals surface area contributed by atoms with E-state index < -0.39 is 0 Å². The normalized spacial score (nSPS) is 33.0. The summed E-state index contributed by atoms with van der Waals surface area (Å²) in [5.41, 5.74) is 1.66. The number of hydrogen-bond acceptors (Lipinski definition) is 3. The van der Waals surface area contributed by atoms with Gasteiger partial charge in [0.25, 0.3) is 0 Å². The van der Waals surface area contributed by atoms with Crippen molar-refractivity contribution in [1.82, 2.24) is 15.1 Å². The van der Waals surface area contributed by atoms with Gasteiger partial charge in [0.15, 0.2) is 0 Å². The molecule has 4 heteroatoms. The average Bonchev–Trinajstić information content (AvgIpc) is 2.75. The Morgan fingerprint density at radius 3 is 2.48 bits per heavy atom. The fraction of sp³-hybridized carbons (Fsp3) is 0.783. The van der Waals surface area contributed by atoms with Gasteiger partial charge in [-0.1, -0.05) is 30.2 Å². The van der Waals surface area contributed by atoms with E-state index in [9.17, 15) is 4.79 Å². The van der Waals surface area contributed by atoms with Crippen molar-refractivity contribution >= 4 is 5.91 Å². The van der Waals surface area contributed by atoms with Gasteiger partial charge in [-0.05, 0) is 69.9 Å². The number of nitrogens with zero attached hydrogens (tertiary/aromatic N) is 2. The number of piperidine rings is 1.